The van der Waals surface area contributed by atoms with Crippen molar-refractivity contribution in [2.75, 3.05) is 12.4 Å². The molecule has 1 aromatic heterocycles. The Hall–Kier alpha value is -3.71. The predicted octanol–water partition coefficient (Wildman–Crippen LogP) is 2.01. The summed E-state index contributed by atoms with van der Waals surface area (Å²) in [6, 6.07) is 5.30. The topological polar surface area (TPSA) is 133 Å². The van der Waals surface area contributed by atoms with Crippen molar-refractivity contribution in [1.29, 1.82) is 5.26 Å². The Morgan fingerprint density at radius 1 is 1.28 bits per heavy atom. The second kappa shape index (κ2) is 9.20. The van der Waals surface area contributed by atoms with Crippen LogP contribution in [0, 0.1) is 31.0 Å². The highest BCUT2D eigenvalue weighted by Crippen LogP contribution is 2.28. The summed E-state index contributed by atoms with van der Waals surface area (Å²) in [6.07, 6.45) is -1.67. The number of anilines is 1. The number of aliphatic hydroxyl groups is 1. The summed E-state index contributed by atoms with van der Waals surface area (Å²) >= 11 is 0. The highest BCUT2D eigenvalue weighted by Gasteiger charge is 2.35. The van der Waals surface area contributed by atoms with Crippen LogP contribution in [-0.4, -0.2) is 40.1 Å². The fraction of sp³-hybridized carbons (Fsp3) is 0.364. The van der Waals surface area contributed by atoms with Crippen molar-refractivity contribution < 1.29 is 28.6 Å². The zero-order valence-electron chi connectivity index (χ0n) is 18.7. The van der Waals surface area contributed by atoms with E-state index in [0.717, 1.165) is 6.07 Å². The molecule has 1 aromatic carbocycles. The first kappa shape index (κ1) is 24.6. The maximum absolute atomic E-state index is 13.5. The molecule has 0 aliphatic carbocycles. The quantitative estimate of drug-likeness (QED) is 0.584. The lowest BCUT2D eigenvalue weighted by Crippen LogP contribution is -2.51. The van der Waals surface area contributed by atoms with Gasteiger partial charge in [-0.25, -0.2) is 9.18 Å². The molecular formula is C22H25FN4O5. The van der Waals surface area contributed by atoms with E-state index in [1.807, 2.05) is 0 Å². The average Bonchev–Trinajstić information content (AvgIpc) is 2.95. The molecule has 0 spiro atoms. The molecule has 0 saturated carbocycles. The first-order chi connectivity index (χ1) is 14.8. The van der Waals surface area contributed by atoms with Gasteiger partial charge < -0.3 is 25.0 Å². The van der Waals surface area contributed by atoms with E-state index < -0.39 is 35.2 Å². The molecule has 32 heavy (non-hydrogen) atoms. The molecule has 1 atom stereocenters. The Labute approximate surface area is 184 Å². The van der Waals surface area contributed by atoms with Gasteiger partial charge >= 0.3 is 5.97 Å². The van der Waals surface area contributed by atoms with Crippen LogP contribution < -0.4 is 10.6 Å². The van der Waals surface area contributed by atoms with E-state index in [9.17, 15) is 23.9 Å². The van der Waals surface area contributed by atoms with Crippen molar-refractivity contribution in [3.63, 3.8) is 0 Å². The van der Waals surface area contributed by atoms with Gasteiger partial charge in [0.05, 0.1) is 23.9 Å². The molecule has 2 aromatic rings. The third-order valence-corrected chi connectivity index (χ3v) is 5.20. The van der Waals surface area contributed by atoms with Crippen LogP contribution in [-0.2, 0) is 21.4 Å². The third-order valence-electron chi connectivity index (χ3n) is 5.20. The number of hydrogen-bond acceptors (Lipinski definition) is 6. The van der Waals surface area contributed by atoms with Crippen LogP contribution in [0.4, 0.5) is 10.1 Å². The van der Waals surface area contributed by atoms with Gasteiger partial charge in [0, 0.05) is 18.4 Å². The van der Waals surface area contributed by atoms with Gasteiger partial charge in [-0.05, 0) is 51.5 Å². The van der Waals surface area contributed by atoms with Crippen molar-refractivity contribution in [3.8, 4) is 6.07 Å². The van der Waals surface area contributed by atoms with Crippen molar-refractivity contribution in [3.05, 3.63) is 52.1 Å². The average molecular weight is 444 g/mol. The van der Waals surface area contributed by atoms with Gasteiger partial charge in [-0.3, -0.25) is 9.59 Å². The Morgan fingerprint density at radius 3 is 2.47 bits per heavy atom. The maximum Gasteiger partial charge on any atom is 0.330 e. The molecule has 0 radical (unpaired) electrons. The molecule has 2 rings (SSSR count). The minimum atomic E-state index is -1.67. The number of aliphatic hydroxyl groups excluding tert-OH is 1. The number of halogens is 1. The number of rotatable bonds is 6. The highest BCUT2D eigenvalue weighted by atomic mass is 19.1. The zero-order valence-corrected chi connectivity index (χ0v) is 18.7. The number of nitrogens with zero attached hydrogens (tertiary/aromatic N) is 2. The summed E-state index contributed by atoms with van der Waals surface area (Å²) in [7, 11) is 2.77. The molecule has 0 fully saturated rings. The molecule has 0 saturated heterocycles. The number of ether oxygens (including phenoxy) is 1. The number of methoxy groups -OCH3 is 1. The molecule has 10 heteroatoms. The summed E-state index contributed by atoms with van der Waals surface area (Å²) in [5.41, 5.74) is -0.171. The van der Waals surface area contributed by atoms with Gasteiger partial charge in [0.25, 0.3) is 11.8 Å². The van der Waals surface area contributed by atoms with Gasteiger partial charge in [0.15, 0.2) is 6.10 Å². The molecule has 0 aliphatic heterocycles. The molecule has 1 heterocycles. The van der Waals surface area contributed by atoms with Crippen LogP contribution in [0.2, 0.25) is 0 Å². The number of carbonyl (C=O) groups excluding carboxylic acids is 3. The Bertz CT molecular complexity index is 1130. The fourth-order valence-corrected chi connectivity index (χ4v) is 3.41. The second-order valence-electron chi connectivity index (χ2n) is 7.80. The minimum absolute atomic E-state index is 0.169. The van der Waals surface area contributed by atoms with E-state index in [1.54, 1.807) is 27.0 Å². The molecule has 1 unspecified atom stereocenters. The van der Waals surface area contributed by atoms with E-state index in [1.165, 1.54) is 37.7 Å². The SMILES string of the molecule is COC(=O)C(C)(C)NC(=O)C(O)c1c(C)c(C(=O)Nc2ccc(F)c(C#N)c2)c(C)n1C. The molecule has 170 valence electrons. The van der Waals surface area contributed by atoms with E-state index >= 15 is 0 Å². The number of aromatic nitrogens is 1. The molecule has 2 amide bonds. The van der Waals surface area contributed by atoms with Crippen LogP contribution in [0.15, 0.2) is 18.2 Å². The monoisotopic (exact) mass is 444 g/mol. The van der Waals surface area contributed by atoms with Crippen molar-refractivity contribution in [2.24, 2.45) is 7.05 Å². The van der Waals surface area contributed by atoms with Gasteiger partial charge in [0.1, 0.15) is 17.4 Å². The Kier molecular flexibility index (Phi) is 7.06. The van der Waals surface area contributed by atoms with E-state index in [-0.39, 0.29) is 22.5 Å². The smallest absolute Gasteiger partial charge is 0.330 e. The summed E-state index contributed by atoms with van der Waals surface area (Å²) in [5, 5.41) is 24.7. The molecule has 0 bridgehead atoms. The maximum atomic E-state index is 13.5. The fourth-order valence-electron chi connectivity index (χ4n) is 3.41. The predicted molar refractivity (Wildman–Crippen MR) is 113 cm³/mol. The number of hydrogen-bond donors (Lipinski definition) is 3. The summed E-state index contributed by atoms with van der Waals surface area (Å²) in [5.74, 6) is -2.79. The van der Waals surface area contributed by atoms with E-state index in [0.29, 0.717) is 11.3 Å². The van der Waals surface area contributed by atoms with Gasteiger partial charge in [-0.2, -0.15) is 5.26 Å². The highest BCUT2D eigenvalue weighted by molar-refractivity contribution is 6.06. The molecule has 0 aliphatic rings. The van der Waals surface area contributed by atoms with Gasteiger partial charge in [-0.15, -0.1) is 0 Å². The first-order valence-electron chi connectivity index (χ1n) is 9.61. The van der Waals surface area contributed by atoms with Gasteiger partial charge in [0.2, 0.25) is 0 Å². The normalized spacial score (nSPS) is 12.0. The Morgan fingerprint density at radius 2 is 1.91 bits per heavy atom. The van der Waals surface area contributed by atoms with Crippen LogP contribution >= 0.6 is 0 Å². The largest absolute Gasteiger partial charge is 0.467 e. The third kappa shape index (κ3) is 4.63. The van der Waals surface area contributed by atoms with Crippen LogP contribution in [0.3, 0.4) is 0 Å². The van der Waals surface area contributed by atoms with Crippen LogP contribution in [0.25, 0.3) is 0 Å². The molecular weight excluding hydrogens is 419 g/mol. The van der Waals surface area contributed by atoms with Crippen molar-refractivity contribution in [2.45, 2.75) is 39.3 Å². The number of amides is 2. The number of esters is 1. The van der Waals surface area contributed by atoms with Crippen molar-refractivity contribution in [1.82, 2.24) is 9.88 Å². The number of nitriles is 1. The van der Waals surface area contributed by atoms with E-state index in [4.69, 9.17) is 5.26 Å². The Balaban J connectivity index is 2.36. The molecule has 3 N–H and O–H groups in total. The van der Waals surface area contributed by atoms with Gasteiger partial charge in [-0.1, -0.05) is 0 Å². The zero-order chi connectivity index (χ0) is 24.4. The summed E-state index contributed by atoms with van der Waals surface area (Å²) in [6.45, 7) is 6.08. The standard InChI is InChI=1S/C22H25FN4O5/c1-11-16(19(29)25-14-7-8-15(23)13(9-14)10-24)12(2)27(5)17(11)18(28)20(30)26-22(3,4)21(31)32-6/h7-9,18,28H,1-6H3,(H,25,29)(H,26,30). The first-order valence-corrected chi connectivity index (χ1v) is 9.61. The van der Waals surface area contributed by atoms with Crippen molar-refractivity contribution >= 4 is 23.5 Å². The van der Waals surface area contributed by atoms with Crippen LogP contribution in [0.1, 0.15) is 52.8 Å². The molecule has 9 nitrogen and oxygen atoms in total. The lowest BCUT2D eigenvalue weighted by molar-refractivity contribution is -0.150. The second-order valence-corrected chi connectivity index (χ2v) is 7.80. The van der Waals surface area contributed by atoms with Crippen LogP contribution in [0.5, 0.6) is 0 Å². The lowest BCUT2D eigenvalue weighted by Gasteiger charge is -2.25. The summed E-state index contributed by atoms with van der Waals surface area (Å²) in [4.78, 5) is 37.4. The lowest BCUT2D eigenvalue weighted by atomic mass is 10.0. The summed E-state index contributed by atoms with van der Waals surface area (Å²) < 4.78 is 19.7. The number of benzene rings is 1. The number of carbonyl (C=O) groups is 3. The number of nitrogens with one attached hydrogen (secondary N) is 2. The van der Waals surface area contributed by atoms with E-state index in [2.05, 4.69) is 15.4 Å². The minimum Gasteiger partial charge on any atom is -0.467 e.